The van der Waals surface area contributed by atoms with E-state index in [1.807, 2.05) is 6.08 Å². The molecule has 35 heavy (non-hydrogen) atoms. The van der Waals surface area contributed by atoms with Crippen molar-refractivity contribution in [2.45, 2.75) is 89.1 Å². The third-order valence-corrected chi connectivity index (χ3v) is 8.23. The van der Waals surface area contributed by atoms with Crippen LogP contribution in [0, 0.1) is 29.3 Å². The molecule has 2 aliphatic rings. The van der Waals surface area contributed by atoms with Gasteiger partial charge in [0.2, 0.25) is 0 Å². The van der Waals surface area contributed by atoms with Crippen LogP contribution in [0.3, 0.4) is 0 Å². The number of rotatable bonds is 7. The highest BCUT2D eigenvalue weighted by Gasteiger charge is 2.31. The average molecular weight is 487 g/mol. The third-order valence-electron chi connectivity index (χ3n) is 8.23. The van der Waals surface area contributed by atoms with Gasteiger partial charge in [0.1, 0.15) is 11.6 Å². The van der Waals surface area contributed by atoms with Crippen LogP contribution in [-0.4, -0.2) is 16.3 Å². The van der Waals surface area contributed by atoms with Gasteiger partial charge in [-0.2, -0.15) is 0 Å². The molecule has 1 unspecified atom stereocenters. The van der Waals surface area contributed by atoms with Crippen LogP contribution in [0.4, 0.5) is 13.2 Å². The number of phenolic OH excluding ortho intramolecular Hbond substituents is 1. The van der Waals surface area contributed by atoms with Crippen molar-refractivity contribution in [1.82, 2.24) is 0 Å². The summed E-state index contributed by atoms with van der Waals surface area (Å²) in [7, 11) is 0. The quantitative estimate of drug-likeness (QED) is 0.414. The minimum atomic E-state index is -0.694. The fourth-order valence-corrected chi connectivity index (χ4v) is 6.07. The molecule has 0 bridgehead atoms. The van der Waals surface area contributed by atoms with E-state index in [1.54, 1.807) is 24.3 Å². The first-order valence-corrected chi connectivity index (χ1v) is 13.2. The largest absolute Gasteiger partial charge is 0.508 e. The van der Waals surface area contributed by atoms with E-state index in [9.17, 15) is 14.6 Å². The van der Waals surface area contributed by atoms with Gasteiger partial charge in [-0.15, -0.1) is 0 Å². The monoisotopic (exact) mass is 486 g/mol. The van der Waals surface area contributed by atoms with Crippen molar-refractivity contribution in [2.75, 3.05) is 0 Å². The highest BCUT2D eigenvalue weighted by Crippen LogP contribution is 2.42. The minimum absolute atomic E-state index is 0.00599. The Kier molecular flexibility index (Phi) is 8.59. The molecule has 0 aliphatic heterocycles. The molecule has 2 aromatic rings. The Bertz CT molecular complexity index is 1020. The summed E-state index contributed by atoms with van der Waals surface area (Å²) in [6.07, 6.45) is 11.7. The zero-order chi connectivity index (χ0) is 24.9. The van der Waals surface area contributed by atoms with Crippen molar-refractivity contribution in [1.29, 1.82) is 0 Å². The lowest BCUT2D eigenvalue weighted by molar-refractivity contribution is 0.0727. The zero-order valence-electron chi connectivity index (χ0n) is 20.5. The Balaban J connectivity index is 1.35. The summed E-state index contributed by atoms with van der Waals surface area (Å²) in [5.74, 6) is -1.39. The van der Waals surface area contributed by atoms with E-state index in [1.165, 1.54) is 6.07 Å². The maximum atomic E-state index is 15.2. The number of hydrogen-bond donors (Lipinski definition) is 2. The third kappa shape index (κ3) is 6.11. The number of allylic oxidation sites excluding steroid dienone is 1. The molecular formula is C30H37F3O2. The molecule has 0 amide bonds. The summed E-state index contributed by atoms with van der Waals surface area (Å²) >= 11 is 0. The molecule has 2 aromatic carbocycles. The molecule has 0 heterocycles. The lowest BCUT2D eigenvalue weighted by Crippen LogP contribution is -2.25. The molecule has 2 nitrogen and oxygen atoms in total. The number of benzene rings is 2. The van der Waals surface area contributed by atoms with Gasteiger partial charge in [0.25, 0.3) is 0 Å². The Morgan fingerprint density at radius 2 is 1.43 bits per heavy atom. The van der Waals surface area contributed by atoms with Crippen molar-refractivity contribution in [3.8, 4) is 5.75 Å². The molecule has 2 N–H and O–H groups in total. The summed E-state index contributed by atoms with van der Waals surface area (Å²) in [6, 6.07) is 7.69. The minimum Gasteiger partial charge on any atom is -0.508 e. The van der Waals surface area contributed by atoms with Crippen LogP contribution in [0.15, 0.2) is 36.4 Å². The first kappa shape index (κ1) is 25.8. The second-order valence-electron chi connectivity index (χ2n) is 10.5. The van der Waals surface area contributed by atoms with E-state index in [-0.39, 0.29) is 35.5 Å². The Morgan fingerprint density at radius 3 is 1.97 bits per heavy atom. The molecule has 190 valence electrons. The molecule has 2 fully saturated rings. The number of aromatic hydroxyl groups is 1. The summed E-state index contributed by atoms with van der Waals surface area (Å²) in [5.41, 5.74) is 1.40. The van der Waals surface area contributed by atoms with E-state index in [4.69, 9.17) is 0 Å². The molecule has 0 aromatic heterocycles. The molecule has 1 atom stereocenters. The van der Waals surface area contributed by atoms with Gasteiger partial charge < -0.3 is 10.2 Å². The molecule has 2 aliphatic carbocycles. The molecule has 5 heteroatoms. The maximum absolute atomic E-state index is 15.2. The lowest BCUT2D eigenvalue weighted by atomic mass is 9.74. The predicted octanol–water partition coefficient (Wildman–Crippen LogP) is 8.23. The predicted molar refractivity (Wildman–Crippen MR) is 134 cm³/mol. The van der Waals surface area contributed by atoms with Gasteiger partial charge in [-0.3, -0.25) is 0 Å². The Hall–Kier alpha value is -2.27. The summed E-state index contributed by atoms with van der Waals surface area (Å²) in [5, 5.41) is 19.6. The molecule has 0 spiro atoms. The molecule has 4 rings (SSSR count). The Labute approximate surface area is 206 Å². The van der Waals surface area contributed by atoms with Gasteiger partial charge in [-0.1, -0.05) is 37.6 Å². The summed E-state index contributed by atoms with van der Waals surface area (Å²) < 4.78 is 44.2. The van der Waals surface area contributed by atoms with Crippen molar-refractivity contribution in [3.63, 3.8) is 0 Å². The fourth-order valence-electron chi connectivity index (χ4n) is 6.07. The number of aliphatic hydroxyl groups is 1. The first-order valence-electron chi connectivity index (χ1n) is 13.2. The molecule has 0 radical (unpaired) electrons. The number of phenols is 1. The van der Waals surface area contributed by atoms with Crippen molar-refractivity contribution >= 4 is 6.08 Å². The summed E-state index contributed by atoms with van der Waals surface area (Å²) in [4.78, 5) is 0. The van der Waals surface area contributed by atoms with Crippen LogP contribution in [0.2, 0.25) is 0 Å². The fraction of sp³-hybridized carbons (Fsp3) is 0.533. The maximum Gasteiger partial charge on any atom is 0.162 e. The number of halogens is 3. The summed E-state index contributed by atoms with van der Waals surface area (Å²) in [6.45, 7) is 2.07. The van der Waals surface area contributed by atoms with Gasteiger partial charge in [0.15, 0.2) is 11.6 Å². The van der Waals surface area contributed by atoms with E-state index in [0.717, 1.165) is 70.3 Å². The van der Waals surface area contributed by atoms with Gasteiger partial charge in [0, 0.05) is 11.6 Å². The van der Waals surface area contributed by atoms with Crippen LogP contribution in [0.5, 0.6) is 5.75 Å². The second kappa shape index (κ2) is 11.6. The van der Waals surface area contributed by atoms with Crippen LogP contribution in [0.1, 0.15) is 99.7 Å². The number of hydrogen-bond acceptors (Lipinski definition) is 2. The first-order chi connectivity index (χ1) is 16.9. The normalized spacial score (nSPS) is 26.2. The SMILES string of the molecule is CCCC(O)C1CCC(c2ccc(C3CCC(/C=C/c4ccc(O)cc4F)CC3)c(F)c2F)CC1. The van der Waals surface area contributed by atoms with Crippen LogP contribution >= 0.6 is 0 Å². The van der Waals surface area contributed by atoms with Crippen molar-refractivity contribution in [2.24, 2.45) is 11.8 Å². The molecule has 2 saturated carbocycles. The lowest BCUT2D eigenvalue weighted by Gasteiger charge is -2.32. The average Bonchev–Trinajstić information content (AvgIpc) is 2.86. The van der Waals surface area contributed by atoms with E-state index < -0.39 is 17.5 Å². The van der Waals surface area contributed by atoms with Gasteiger partial charge >= 0.3 is 0 Å². The number of aliphatic hydroxyl groups excluding tert-OH is 1. The van der Waals surface area contributed by atoms with Crippen molar-refractivity contribution in [3.05, 3.63) is 70.5 Å². The van der Waals surface area contributed by atoms with Crippen LogP contribution in [0.25, 0.3) is 6.08 Å². The van der Waals surface area contributed by atoms with Crippen LogP contribution in [-0.2, 0) is 0 Å². The highest BCUT2D eigenvalue weighted by atomic mass is 19.2. The van der Waals surface area contributed by atoms with Crippen molar-refractivity contribution < 1.29 is 23.4 Å². The van der Waals surface area contributed by atoms with E-state index >= 15 is 8.78 Å². The standard InChI is InChI=1S/C30H37F3O2/c1-2-3-28(35)23-12-10-21(11-13-23)26-17-16-25(29(32)30(26)33)20-7-4-19(5-8-20)6-9-22-14-15-24(34)18-27(22)31/h6,9,14-21,23,28,34-35H,2-5,7-8,10-13H2,1H3/b9-6+. The van der Waals surface area contributed by atoms with Crippen LogP contribution < -0.4 is 0 Å². The van der Waals surface area contributed by atoms with Gasteiger partial charge in [-0.05, 0) is 105 Å². The Morgan fingerprint density at radius 1 is 0.857 bits per heavy atom. The second-order valence-corrected chi connectivity index (χ2v) is 10.5. The highest BCUT2D eigenvalue weighted by molar-refractivity contribution is 5.51. The van der Waals surface area contributed by atoms with Gasteiger partial charge in [-0.25, -0.2) is 13.2 Å². The zero-order valence-corrected chi connectivity index (χ0v) is 20.5. The topological polar surface area (TPSA) is 40.5 Å². The molecular weight excluding hydrogens is 449 g/mol. The van der Waals surface area contributed by atoms with E-state index in [0.29, 0.717) is 16.7 Å². The smallest absolute Gasteiger partial charge is 0.162 e. The van der Waals surface area contributed by atoms with E-state index in [2.05, 4.69) is 6.92 Å². The molecule has 0 saturated heterocycles. The van der Waals surface area contributed by atoms with Gasteiger partial charge in [0.05, 0.1) is 6.10 Å².